The molecule has 1 aromatic heterocycles. The second-order valence-corrected chi connectivity index (χ2v) is 10.6. The van der Waals surface area contributed by atoms with Gasteiger partial charge in [-0.1, -0.05) is 0 Å². The monoisotopic (exact) mass is 580 g/mol. The molecule has 2 aromatic carbocycles. The molecule has 0 atom stereocenters. The molecule has 15 heteroatoms. The molecular formula is C25H27F3N6O5S. The van der Waals surface area contributed by atoms with E-state index in [1.807, 2.05) is 17.0 Å². The first-order valence-corrected chi connectivity index (χ1v) is 13.6. The SMILES string of the molecule is COc1ccc(Nc2ccnc(Nc3ccc(S(=O)(=O)N(CCN4CCCC4)OC(=O)C(F)(F)F)cc3)n2)cc1. The molecule has 11 nitrogen and oxygen atoms in total. The van der Waals surface area contributed by atoms with Crippen LogP contribution in [0.25, 0.3) is 0 Å². The molecule has 1 fully saturated rings. The maximum atomic E-state index is 13.1. The van der Waals surface area contributed by atoms with Crippen LogP contribution in [0.3, 0.4) is 0 Å². The zero-order chi connectivity index (χ0) is 28.8. The molecule has 0 unspecified atom stereocenters. The molecule has 0 spiro atoms. The molecule has 2 N–H and O–H groups in total. The topological polar surface area (TPSA) is 126 Å². The first kappa shape index (κ1) is 29.0. The molecule has 1 aliphatic heterocycles. The molecule has 40 heavy (non-hydrogen) atoms. The van der Waals surface area contributed by atoms with Crippen molar-refractivity contribution in [1.29, 1.82) is 0 Å². The van der Waals surface area contributed by atoms with Crippen molar-refractivity contribution in [3.05, 3.63) is 60.8 Å². The molecule has 1 aliphatic rings. The van der Waals surface area contributed by atoms with Crippen LogP contribution in [-0.4, -0.2) is 73.2 Å². The average molecular weight is 581 g/mol. The normalized spacial score (nSPS) is 14.2. The van der Waals surface area contributed by atoms with Crippen molar-refractivity contribution in [1.82, 2.24) is 19.3 Å². The lowest BCUT2D eigenvalue weighted by Gasteiger charge is -2.24. The van der Waals surface area contributed by atoms with Crippen molar-refractivity contribution in [2.45, 2.75) is 23.9 Å². The number of alkyl halides is 3. The number of hydrogen-bond acceptors (Lipinski definition) is 10. The number of anilines is 4. The summed E-state index contributed by atoms with van der Waals surface area (Å²) in [6.45, 7) is 1.02. The summed E-state index contributed by atoms with van der Waals surface area (Å²) in [7, 11) is -3.03. The highest BCUT2D eigenvalue weighted by Crippen LogP contribution is 2.25. The number of hydroxylamine groups is 1. The number of methoxy groups -OCH3 is 1. The average Bonchev–Trinajstić information content (AvgIpc) is 3.45. The summed E-state index contributed by atoms with van der Waals surface area (Å²) in [6.07, 6.45) is -2.04. The van der Waals surface area contributed by atoms with Crippen molar-refractivity contribution in [2.75, 3.05) is 43.9 Å². The molecule has 214 valence electrons. The number of benzene rings is 2. The van der Waals surface area contributed by atoms with E-state index in [-0.39, 0.29) is 21.9 Å². The van der Waals surface area contributed by atoms with Crippen LogP contribution >= 0.6 is 0 Å². The van der Waals surface area contributed by atoms with E-state index in [0.29, 0.717) is 30.3 Å². The van der Waals surface area contributed by atoms with Crippen molar-refractivity contribution >= 4 is 39.1 Å². The number of ether oxygens (including phenoxy) is 1. The Bertz CT molecular complexity index is 1400. The number of carbonyl (C=O) groups is 1. The summed E-state index contributed by atoms with van der Waals surface area (Å²) < 4.78 is 70.0. The summed E-state index contributed by atoms with van der Waals surface area (Å²) in [6, 6.07) is 14.0. The van der Waals surface area contributed by atoms with Crippen LogP contribution in [0, 0.1) is 0 Å². The van der Waals surface area contributed by atoms with Crippen LogP contribution in [-0.2, 0) is 19.7 Å². The van der Waals surface area contributed by atoms with Gasteiger partial charge in [-0.3, -0.25) is 0 Å². The van der Waals surface area contributed by atoms with Crippen molar-refractivity contribution in [3.8, 4) is 5.75 Å². The lowest BCUT2D eigenvalue weighted by atomic mass is 10.3. The smallest absolute Gasteiger partial charge is 0.492 e. The second kappa shape index (κ2) is 12.5. The molecule has 0 radical (unpaired) electrons. The van der Waals surface area contributed by atoms with Gasteiger partial charge in [0, 0.05) is 24.1 Å². The third kappa shape index (κ3) is 7.58. The first-order valence-electron chi connectivity index (χ1n) is 12.2. The Morgan fingerprint density at radius 2 is 1.62 bits per heavy atom. The second-order valence-electron chi connectivity index (χ2n) is 8.73. The van der Waals surface area contributed by atoms with Crippen LogP contribution < -0.4 is 15.4 Å². The van der Waals surface area contributed by atoms with Crippen molar-refractivity contribution in [2.24, 2.45) is 0 Å². The largest absolute Gasteiger partial charge is 0.497 e. The number of aromatic nitrogens is 2. The van der Waals surface area contributed by atoms with Gasteiger partial charge in [-0.05, 0) is 85.0 Å². The molecule has 3 aromatic rings. The fraction of sp³-hybridized carbons (Fsp3) is 0.320. The summed E-state index contributed by atoms with van der Waals surface area (Å²) in [5.41, 5.74) is 1.18. The highest BCUT2D eigenvalue weighted by Gasteiger charge is 2.44. The minimum atomic E-state index is -5.36. The summed E-state index contributed by atoms with van der Waals surface area (Å²) in [4.78, 5) is 25.8. The maximum Gasteiger partial charge on any atom is 0.492 e. The van der Waals surface area contributed by atoms with E-state index < -0.39 is 28.7 Å². The third-order valence-electron chi connectivity index (χ3n) is 5.91. The Morgan fingerprint density at radius 1 is 1.00 bits per heavy atom. The van der Waals surface area contributed by atoms with Gasteiger partial charge >= 0.3 is 12.1 Å². The number of carbonyl (C=O) groups excluding carboxylic acids is 1. The van der Waals surface area contributed by atoms with Crippen LogP contribution in [0.2, 0.25) is 0 Å². The van der Waals surface area contributed by atoms with E-state index in [2.05, 4.69) is 25.4 Å². The summed E-state index contributed by atoms with van der Waals surface area (Å²) in [5.74, 6) is -1.22. The Kier molecular flexibility index (Phi) is 9.07. The summed E-state index contributed by atoms with van der Waals surface area (Å²) >= 11 is 0. The minimum absolute atomic E-state index is 0.0982. The fourth-order valence-electron chi connectivity index (χ4n) is 3.86. The van der Waals surface area contributed by atoms with E-state index in [1.54, 1.807) is 25.3 Å². The predicted octanol–water partition coefficient (Wildman–Crippen LogP) is 4.08. The molecule has 0 saturated carbocycles. The molecule has 0 aliphatic carbocycles. The third-order valence-corrected chi connectivity index (χ3v) is 7.57. The Labute approximate surface area is 228 Å². The molecule has 2 heterocycles. The number of likely N-dealkylation sites (tertiary alicyclic amines) is 1. The number of nitrogens with zero attached hydrogens (tertiary/aromatic N) is 4. The fourth-order valence-corrected chi connectivity index (χ4v) is 5.06. The zero-order valence-electron chi connectivity index (χ0n) is 21.4. The molecule has 0 amide bonds. The lowest BCUT2D eigenvalue weighted by Crippen LogP contribution is -2.42. The molecule has 4 rings (SSSR count). The van der Waals surface area contributed by atoms with E-state index in [1.165, 1.54) is 30.5 Å². The predicted molar refractivity (Wildman–Crippen MR) is 140 cm³/mol. The number of nitrogens with one attached hydrogen (secondary N) is 2. The van der Waals surface area contributed by atoms with Gasteiger partial charge in [0.25, 0.3) is 10.0 Å². The zero-order valence-corrected chi connectivity index (χ0v) is 22.2. The van der Waals surface area contributed by atoms with Crippen molar-refractivity contribution < 1.29 is 36.0 Å². The van der Waals surface area contributed by atoms with Gasteiger partial charge in [-0.15, -0.1) is 0 Å². The van der Waals surface area contributed by atoms with Crippen LogP contribution in [0.15, 0.2) is 65.7 Å². The minimum Gasteiger partial charge on any atom is -0.497 e. The first-order chi connectivity index (χ1) is 19.0. The maximum absolute atomic E-state index is 13.1. The molecule has 1 saturated heterocycles. The molecular weight excluding hydrogens is 553 g/mol. The van der Waals surface area contributed by atoms with Crippen LogP contribution in [0.1, 0.15) is 12.8 Å². The number of rotatable bonds is 11. The Balaban J connectivity index is 1.45. The lowest BCUT2D eigenvalue weighted by molar-refractivity contribution is -0.222. The van der Waals surface area contributed by atoms with E-state index >= 15 is 0 Å². The Hall–Kier alpha value is -3.95. The van der Waals surface area contributed by atoms with Crippen molar-refractivity contribution in [3.63, 3.8) is 0 Å². The van der Waals surface area contributed by atoms with E-state index in [9.17, 15) is 26.4 Å². The van der Waals surface area contributed by atoms with Gasteiger partial charge < -0.3 is 25.1 Å². The van der Waals surface area contributed by atoms with Gasteiger partial charge in [0.15, 0.2) is 0 Å². The van der Waals surface area contributed by atoms with Gasteiger partial charge in [-0.25, -0.2) is 18.2 Å². The van der Waals surface area contributed by atoms with E-state index in [0.717, 1.165) is 18.5 Å². The summed E-state index contributed by atoms with van der Waals surface area (Å²) in [5, 5.41) is 6.06. The number of hydrogen-bond donors (Lipinski definition) is 2. The van der Waals surface area contributed by atoms with Gasteiger partial charge in [0.1, 0.15) is 11.6 Å². The Morgan fingerprint density at radius 3 is 2.25 bits per heavy atom. The van der Waals surface area contributed by atoms with Gasteiger partial charge in [0.05, 0.1) is 18.6 Å². The van der Waals surface area contributed by atoms with Gasteiger partial charge in [0.2, 0.25) is 5.95 Å². The van der Waals surface area contributed by atoms with Crippen LogP contribution in [0.4, 0.5) is 36.3 Å². The van der Waals surface area contributed by atoms with E-state index in [4.69, 9.17) is 4.74 Å². The highest BCUT2D eigenvalue weighted by atomic mass is 32.2. The number of halogens is 3. The number of sulfonamides is 1. The van der Waals surface area contributed by atoms with Gasteiger partial charge in [-0.2, -0.15) is 18.2 Å². The quantitative estimate of drug-likeness (QED) is 0.321. The molecule has 0 bridgehead atoms. The highest BCUT2D eigenvalue weighted by molar-refractivity contribution is 7.89. The standard InChI is InChI=1S/C25H27F3N6O5S/c1-38-20-8-4-18(5-9-20)30-22-12-13-29-24(32-22)31-19-6-10-21(11-7-19)40(36,37)34(39-23(35)25(26,27)28)17-16-33-14-2-3-15-33/h4-13H,2-3,14-17H2,1H3,(H2,29,30,31,32). The van der Waals surface area contributed by atoms with Crippen LogP contribution in [0.5, 0.6) is 5.75 Å².